The first kappa shape index (κ1) is 14.0. The van der Waals surface area contributed by atoms with Crippen molar-refractivity contribution in [2.75, 3.05) is 6.61 Å². The van der Waals surface area contributed by atoms with E-state index in [1.54, 1.807) is 6.92 Å². The Bertz CT molecular complexity index is 498. The normalized spacial score (nSPS) is 10.2. The van der Waals surface area contributed by atoms with Gasteiger partial charge in [0.05, 0.1) is 35.9 Å². The molecule has 0 aliphatic rings. The zero-order valence-corrected chi connectivity index (χ0v) is 9.41. The third kappa shape index (κ3) is 3.20. The molecule has 18 heavy (non-hydrogen) atoms. The Balaban J connectivity index is 3.20. The van der Waals surface area contributed by atoms with Crippen molar-refractivity contribution in [3.8, 4) is 6.07 Å². The highest BCUT2D eigenvalue weighted by Gasteiger charge is 2.22. The summed E-state index contributed by atoms with van der Waals surface area (Å²) in [6.07, 6.45) is -3.61. The van der Waals surface area contributed by atoms with Gasteiger partial charge in [0, 0.05) is 6.07 Å². The van der Waals surface area contributed by atoms with Crippen LogP contribution in [-0.2, 0) is 16.0 Å². The summed E-state index contributed by atoms with van der Waals surface area (Å²) in [6.45, 7) is 1.62. The Kier molecular flexibility index (Phi) is 4.66. The van der Waals surface area contributed by atoms with Gasteiger partial charge >= 0.3 is 5.97 Å². The van der Waals surface area contributed by atoms with Crippen LogP contribution >= 0.6 is 0 Å². The van der Waals surface area contributed by atoms with Gasteiger partial charge in [0.25, 0.3) is 6.43 Å². The maximum absolute atomic E-state index is 13.0. The smallest absolute Gasteiger partial charge is 0.311 e. The van der Waals surface area contributed by atoms with Crippen LogP contribution in [0.5, 0.6) is 0 Å². The fraction of sp³-hybridized carbons (Fsp3) is 0.364. The first-order valence-corrected chi connectivity index (χ1v) is 5.02. The third-order valence-electron chi connectivity index (χ3n) is 2.06. The minimum absolute atomic E-state index is 0.0727. The summed E-state index contributed by atoms with van der Waals surface area (Å²) >= 11 is 0. The molecule has 0 saturated carbocycles. The van der Waals surface area contributed by atoms with Gasteiger partial charge in [-0.1, -0.05) is 0 Å². The third-order valence-corrected chi connectivity index (χ3v) is 2.06. The van der Waals surface area contributed by atoms with Gasteiger partial charge in [-0.2, -0.15) is 9.65 Å². The SMILES string of the molecule is CCOC(=O)Cc1nc(F)cc(C#N)c1C(F)F. The van der Waals surface area contributed by atoms with E-state index in [-0.39, 0.29) is 6.61 Å². The molecule has 0 aliphatic heterocycles. The highest BCUT2D eigenvalue weighted by atomic mass is 19.3. The van der Waals surface area contributed by atoms with Gasteiger partial charge in [0.2, 0.25) is 5.95 Å². The first-order chi connectivity index (χ1) is 8.49. The van der Waals surface area contributed by atoms with Gasteiger partial charge in [-0.05, 0) is 6.92 Å². The standard InChI is InChI=1S/C11H9F3N2O2/c1-2-18-9(17)4-7-10(11(13)14)6(5-15)3-8(12)16-7/h3,11H,2,4H2,1H3. The Morgan fingerprint density at radius 2 is 2.28 bits per heavy atom. The Morgan fingerprint density at radius 1 is 1.61 bits per heavy atom. The lowest BCUT2D eigenvalue weighted by Gasteiger charge is -2.09. The molecule has 1 aromatic heterocycles. The number of nitriles is 1. The molecule has 1 heterocycles. The summed E-state index contributed by atoms with van der Waals surface area (Å²) in [5, 5.41) is 8.66. The number of hydrogen-bond acceptors (Lipinski definition) is 4. The lowest BCUT2D eigenvalue weighted by molar-refractivity contribution is -0.142. The Hall–Kier alpha value is -2.10. The lowest BCUT2D eigenvalue weighted by Crippen LogP contribution is -2.13. The van der Waals surface area contributed by atoms with Gasteiger partial charge in [-0.25, -0.2) is 13.8 Å². The second-order valence-corrected chi connectivity index (χ2v) is 3.25. The zero-order valence-electron chi connectivity index (χ0n) is 9.41. The molecule has 0 atom stereocenters. The maximum atomic E-state index is 13.0. The Labute approximate surface area is 101 Å². The van der Waals surface area contributed by atoms with Gasteiger partial charge in [-0.15, -0.1) is 0 Å². The van der Waals surface area contributed by atoms with Crippen molar-refractivity contribution in [2.24, 2.45) is 0 Å². The number of carbonyl (C=O) groups is 1. The summed E-state index contributed by atoms with van der Waals surface area (Å²) in [6, 6.07) is 2.06. The molecule has 96 valence electrons. The molecule has 1 aromatic rings. The van der Waals surface area contributed by atoms with E-state index in [1.165, 1.54) is 6.07 Å². The maximum Gasteiger partial charge on any atom is 0.311 e. The average molecular weight is 258 g/mol. The van der Waals surface area contributed by atoms with E-state index >= 15 is 0 Å². The topological polar surface area (TPSA) is 63.0 Å². The van der Waals surface area contributed by atoms with Crippen LogP contribution in [-0.4, -0.2) is 17.6 Å². The van der Waals surface area contributed by atoms with E-state index in [1.807, 2.05) is 0 Å². The van der Waals surface area contributed by atoms with E-state index < -0.39 is 41.6 Å². The molecule has 0 amide bonds. The van der Waals surface area contributed by atoms with Gasteiger partial charge < -0.3 is 4.74 Å². The summed E-state index contributed by atoms with van der Waals surface area (Å²) in [5.41, 5.74) is -1.73. The molecule has 0 fully saturated rings. The number of carbonyl (C=O) groups excluding carboxylic acids is 1. The molecule has 1 rings (SSSR count). The number of ether oxygens (including phenoxy) is 1. The predicted molar refractivity (Wildman–Crippen MR) is 54.2 cm³/mol. The van der Waals surface area contributed by atoms with E-state index in [2.05, 4.69) is 9.72 Å². The number of rotatable bonds is 4. The highest BCUT2D eigenvalue weighted by molar-refractivity contribution is 5.72. The number of alkyl halides is 2. The predicted octanol–water partition coefficient (Wildman–Crippen LogP) is 2.14. The number of halogens is 3. The van der Waals surface area contributed by atoms with Gasteiger partial charge in [-0.3, -0.25) is 4.79 Å². The zero-order chi connectivity index (χ0) is 13.7. The molecule has 4 nitrogen and oxygen atoms in total. The van der Waals surface area contributed by atoms with E-state index in [0.29, 0.717) is 6.07 Å². The minimum atomic E-state index is -3.02. The number of esters is 1. The van der Waals surface area contributed by atoms with Crippen molar-refractivity contribution in [1.82, 2.24) is 4.98 Å². The van der Waals surface area contributed by atoms with Crippen LogP contribution in [0.4, 0.5) is 13.2 Å². The number of hydrogen-bond donors (Lipinski definition) is 0. The van der Waals surface area contributed by atoms with Crippen molar-refractivity contribution in [3.63, 3.8) is 0 Å². The fourth-order valence-electron chi connectivity index (χ4n) is 1.39. The summed E-state index contributed by atoms with van der Waals surface area (Å²) in [5.74, 6) is -1.89. The molecule has 0 spiro atoms. The summed E-state index contributed by atoms with van der Waals surface area (Å²) in [7, 11) is 0. The van der Waals surface area contributed by atoms with Gasteiger partial charge in [0.1, 0.15) is 0 Å². The molecular weight excluding hydrogens is 249 g/mol. The highest BCUT2D eigenvalue weighted by Crippen LogP contribution is 2.26. The van der Waals surface area contributed by atoms with E-state index in [4.69, 9.17) is 5.26 Å². The van der Waals surface area contributed by atoms with Crippen LogP contribution in [0.15, 0.2) is 6.07 Å². The van der Waals surface area contributed by atoms with E-state index in [0.717, 1.165) is 0 Å². The van der Waals surface area contributed by atoms with Crippen molar-refractivity contribution in [3.05, 3.63) is 28.8 Å². The molecule has 0 unspecified atom stereocenters. The van der Waals surface area contributed by atoms with Crippen molar-refractivity contribution < 1.29 is 22.7 Å². The average Bonchev–Trinajstić information content (AvgIpc) is 2.27. The molecule has 0 radical (unpaired) electrons. The molecular formula is C11H9F3N2O2. The van der Waals surface area contributed by atoms with Crippen LogP contribution in [0.1, 0.15) is 30.2 Å². The summed E-state index contributed by atoms with van der Waals surface area (Å²) < 4.78 is 43.2. The molecule has 0 aromatic carbocycles. The molecule has 0 aliphatic carbocycles. The molecule has 0 N–H and O–H groups in total. The number of aromatic nitrogens is 1. The van der Waals surface area contributed by atoms with Crippen molar-refractivity contribution >= 4 is 5.97 Å². The van der Waals surface area contributed by atoms with E-state index in [9.17, 15) is 18.0 Å². The number of nitrogens with zero attached hydrogens (tertiary/aromatic N) is 2. The van der Waals surface area contributed by atoms with Crippen LogP contribution < -0.4 is 0 Å². The molecule has 0 saturated heterocycles. The minimum Gasteiger partial charge on any atom is -0.466 e. The monoisotopic (exact) mass is 258 g/mol. The summed E-state index contributed by atoms with van der Waals surface area (Å²) in [4.78, 5) is 14.4. The van der Waals surface area contributed by atoms with Crippen LogP contribution in [0.3, 0.4) is 0 Å². The second-order valence-electron chi connectivity index (χ2n) is 3.25. The second kappa shape index (κ2) is 6.00. The quantitative estimate of drug-likeness (QED) is 0.613. The first-order valence-electron chi connectivity index (χ1n) is 5.02. The molecule has 7 heteroatoms. The van der Waals surface area contributed by atoms with Crippen molar-refractivity contribution in [1.29, 1.82) is 5.26 Å². The fourth-order valence-corrected chi connectivity index (χ4v) is 1.39. The van der Waals surface area contributed by atoms with Crippen LogP contribution in [0.2, 0.25) is 0 Å². The number of pyridine rings is 1. The van der Waals surface area contributed by atoms with Crippen LogP contribution in [0, 0.1) is 17.3 Å². The van der Waals surface area contributed by atoms with Gasteiger partial charge in [0.15, 0.2) is 0 Å². The van der Waals surface area contributed by atoms with Crippen LogP contribution in [0.25, 0.3) is 0 Å². The Morgan fingerprint density at radius 3 is 2.78 bits per heavy atom. The lowest BCUT2D eigenvalue weighted by atomic mass is 10.1. The molecule has 0 bridgehead atoms. The van der Waals surface area contributed by atoms with Crippen molar-refractivity contribution in [2.45, 2.75) is 19.8 Å². The largest absolute Gasteiger partial charge is 0.466 e.